The Morgan fingerprint density at radius 2 is 1.49 bits per heavy atom. The first kappa shape index (κ1) is 24.5. The number of methoxy groups -OCH3 is 4. The fourth-order valence-electron chi connectivity index (χ4n) is 4.36. The summed E-state index contributed by atoms with van der Waals surface area (Å²) in [6.07, 6.45) is 3.81. The van der Waals surface area contributed by atoms with Crippen LogP contribution >= 0.6 is 0 Å². The second-order valence-corrected chi connectivity index (χ2v) is 9.98. The zero-order valence-corrected chi connectivity index (χ0v) is 21.0. The van der Waals surface area contributed by atoms with Gasteiger partial charge in [0.25, 0.3) is 0 Å². The minimum atomic E-state index is -3.71. The first-order valence-corrected chi connectivity index (χ1v) is 12.7. The summed E-state index contributed by atoms with van der Waals surface area (Å²) in [4.78, 5) is 0. The lowest BCUT2D eigenvalue weighted by Gasteiger charge is -2.35. The average Bonchev–Trinajstić information content (AvgIpc) is 2.88. The van der Waals surface area contributed by atoms with Crippen molar-refractivity contribution in [2.75, 3.05) is 28.4 Å². The van der Waals surface area contributed by atoms with E-state index in [1.54, 1.807) is 40.7 Å². The molecule has 0 aliphatic carbocycles. The molecule has 0 radical (unpaired) electrons. The lowest BCUT2D eigenvalue weighted by Crippen LogP contribution is -2.34. The van der Waals surface area contributed by atoms with Gasteiger partial charge in [-0.2, -0.15) is 0 Å². The molecule has 3 aromatic rings. The highest BCUT2D eigenvalue weighted by molar-refractivity contribution is 7.88. The third-order valence-corrected chi connectivity index (χ3v) is 7.77. The minimum Gasteiger partial charge on any atom is -0.497 e. The summed E-state index contributed by atoms with van der Waals surface area (Å²) >= 11 is 0. The summed E-state index contributed by atoms with van der Waals surface area (Å²) in [5.41, 5.74) is 3.22. The molecule has 0 amide bonds. The van der Waals surface area contributed by atoms with Crippen LogP contribution in [-0.2, 0) is 22.2 Å². The SMILES string of the molecule is COc1ccc(CC2c3cc(OC)c(OC)c(OC)c3C=CN2S(=O)(=O)Cc2ccccc2)cc1. The van der Waals surface area contributed by atoms with E-state index in [4.69, 9.17) is 18.9 Å². The van der Waals surface area contributed by atoms with Crippen LogP contribution in [0.25, 0.3) is 6.08 Å². The van der Waals surface area contributed by atoms with Gasteiger partial charge in [0.05, 0.1) is 40.2 Å². The Morgan fingerprint density at radius 3 is 2.09 bits per heavy atom. The molecular formula is C27H29NO6S. The highest BCUT2D eigenvalue weighted by Gasteiger charge is 2.35. The number of rotatable bonds is 9. The first-order chi connectivity index (χ1) is 16.9. The van der Waals surface area contributed by atoms with Crippen molar-refractivity contribution in [1.29, 1.82) is 0 Å². The smallest absolute Gasteiger partial charge is 0.239 e. The van der Waals surface area contributed by atoms with Crippen LogP contribution in [0.2, 0.25) is 0 Å². The Bertz CT molecular complexity index is 1300. The normalized spacial score (nSPS) is 14.9. The molecule has 35 heavy (non-hydrogen) atoms. The van der Waals surface area contributed by atoms with E-state index in [2.05, 4.69) is 0 Å². The number of hydrogen-bond donors (Lipinski definition) is 0. The standard InChI is InChI=1S/C27H29NO6S/c1-31-21-12-10-19(11-13-21)16-24-23-17-25(32-2)27(34-4)26(33-3)22(23)14-15-28(24)35(29,30)18-20-8-6-5-7-9-20/h5-15,17,24H,16,18H2,1-4H3. The van der Waals surface area contributed by atoms with Crippen molar-refractivity contribution in [1.82, 2.24) is 4.31 Å². The van der Waals surface area contributed by atoms with Crippen LogP contribution in [0.5, 0.6) is 23.0 Å². The summed E-state index contributed by atoms with van der Waals surface area (Å²) < 4.78 is 50.9. The molecular weight excluding hydrogens is 466 g/mol. The minimum absolute atomic E-state index is 0.114. The van der Waals surface area contributed by atoms with Gasteiger partial charge < -0.3 is 18.9 Å². The highest BCUT2D eigenvalue weighted by atomic mass is 32.2. The molecule has 184 valence electrons. The fourth-order valence-corrected chi connectivity index (χ4v) is 5.95. The lowest BCUT2D eigenvalue weighted by atomic mass is 9.91. The molecule has 4 rings (SSSR count). The van der Waals surface area contributed by atoms with Gasteiger partial charge in [0.15, 0.2) is 11.5 Å². The molecule has 1 unspecified atom stereocenters. The van der Waals surface area contributed by atoms with Crippen LogP contribution in [0.3, 0.4) is 0 Å². The Hall–Kier alpha value is -3.65. The number of hydrogen-bond acceptors (Lipinski definition) is 6. The van der Waals surface area contributed by atoms with E-state index in [0.717, 1.165) is 28.0 Å². The van der Waals surface area contributed by atoms with Gasteiger partial charge in [-0.1, -0.05) is 42.5 Å². The first-order valence-electron chi connectivity index (χ1n) is 11.1. The maximum absolute atomic E-state index is 13.7. The predicted octanol–water partition coefficient (Wildman–Crippen LogP) is 4.82. The molecule has 1 atom stereocenters. The Labute approximate surface area is 206 Å². The molecule has 7 nitrogen and oxygen atoms in total. The largest absolute Gasteiger partial charge is 0.497 e. The molecule has 0 aromatic heterocycles. The molecule has 0 N–H and O–H groups in total. The van der Waals surface area contributed by atoms with Crippen LogP contribution < -0.4 is 18.9 Å². The van der Waals surface area contributed by atoms with Crippen molar-refractivity contribution in [3.63, 3.8) is 0 Å². The van der Waals surface area contributed by atoms with Gasteiger partial charge in [0.2, 0.25) is 15.8 Å². The summed E-state index contributed by atoms with van der Waals surface area (Å²) in [5, 5.41) is 0. The van der Waals surface area contributed by atoms with Crippen molar-refractivity contribution in [2.45, 2.75) is 18.2 Å². The molecule has 0 saturated heterocycles. The molecule has 0 bridgehead atoms. The number of fused-ring (bicyclic) bond motifs is 1. The third-order valence-electron chi connectivity index (χ3n) is 6.06. The lowest BCUT2D eigenvalue weighted by molar-refractivity contribution is 0.319. The molecule has 1 aliphatic heterocycles. The number of sulfonamides is 1. The summed E-state index contributed by atoms with van der Waals surface area (Å²) in [5.74, 6) is 2.05. The third kappa shape index (κ3) is 4.93. The van der Waals surface area contributed by atoms with E-state index < -0.39 is 16.1 Å². The van der Waals surface area contributed by atoms with Crippen LogP contribution in [0.15, 0.2) is 66.9 Å². The Kier molecular flexibility index (Phi) is 7.21. The van der Waals surface area contributed by atoms with Crippen molar-refractivity contribution in [2.24, 2.45) is 0 Å². The molecule has 0 saturated carbocycles. The van der Waals surface area contributed by atoms with Crippen molar-refractivity contribution in [3.05, 3.63) is 89.1 Å². The molecule has 0 spiro atoms. The number of benzene rings is 3. The summed E-state index contributed by atoms with van der Waals surface area (Å²) in [6, 6.07) is 18.1. The predicted molar refractivity (Wildman–Crippen MR) is 135 cm³/mol. The maximum atomic E-state index is 13.7. The van der Waals surface area contributed by atoms with E-state index in [-0.39, 0.29) is 5.75 Å². The van der Waals surface area contributed by atoms with Crippen LogP contribution in [0.4, 0.5) is 0 Å². The molecule has 0 fully saturated rings. The monoisotopic (exact) mass is 495 g/mol. The van der Waals surface area contributed by atoms with Crippen molar-refractivity contribution < 1.29 is 27.4 Å². The molecule has 8 heteroatoms. The van der Waals surface area contributed by atoms with Crippen molar-refractivity contribution >= 4 is 16.1 Å². The molecule has 1 aliphatic rings. The summed E-state index contributed by atoms with van der Waals surface area (Å²) in [7, 11) is 2.56. The van der Waals surface area contributed by atoms with Gasteiger partial charge in [0.1, 0.15) is 5.75 Å². The second-order valence-electron chi connectivity index (χ2n) is 8.10. The van der Waals surface area contributed by atoms with Crippen LogP contribution in [0, 0.1) is 0 Å². The van der Waals surface area contributed by atoms with E-state index in [1.165, 1.54) is 4.31 Å². The van der Waals surface area contributed by atoms with Gasteiger partial charge in [-0.3, -0.25) is 4.31 Å². The van der Waals surface area contributed by atoms with E-state index in [0.29, 0.717) is 23.7 Å². The number of nitrogens with zero attached hydrogens (tertiary/aromatic N) is 1. The van der Waals surface area contributed by atoms with Gasteiger partial charge in [-0.15, -0.1) is 0 Å². The van der Waals surface area contributed by atoms with E-state index >= 15 is 0 Å². The van der Waals surface area contributed by atoms with Crippen LogP contribution in [-0.4, -0.2) is 41.2 Å². The van der Waals surface area contributed by atoms with Gasteiger partial charge >= 0.3 is 0 Å². The van der Waals surface area contributed by atoms with Crippen LogP contribution in [0.1, 0.15) is 28.3 Å². The highest BCUT2D eigenvalue weighted by Crippen LogP contribution is 2.48. The second kappa shape index (κ2) is 10.3. The Balaban J connectivity index is 1.83. The zero-order valence-electron chi connectivity index (χ0n) is 20.2. The molecule has 1 heterocycles. The van der Waals surface area contributed by atoms with E-state index in [1.807, 2.05) is 60.7 Å². The van der Waals surface area contributed by atoms with E-state index in [9.17, 15) is 8.42 Å². The zero-order chi connectivity index (χ0) is 25.0. The summed E-state index contributed by atoms with van der Waals surface area (Å²) in [6.45, 7) is 0. The van der Waals surface area contributed by atoms with Crippen molar-refractivity contribution in [3.8, 4) is 23.0 Å². The maximum Gasteiger partial charge on any atom is 0.239 e. The average molecular weight is 496 g/mol. The number of ether oxygens (including phenoxy) is 4. The fraction of sp³-hybridized carbons (Fsp3) is 0.259. The van der Waals surface area contributed by atoms with Gasteiger partial charge in [-0.05, 0) is 47.4 Å². The van der Waals surface area contributed by atoms with Gasteiger partial charge in [0, 0.05) is 11.8 Å². The Morgan fingerprint density at radius 1 is 0.800 bits per heavy atom. The topological polar surface area (TPSA) is 74.3 Å². The quantitative estimate of drug-likeness (QED) is 0.424. The molecule has 3 aromatic carbocycles. The van der Waals surface area contributed by atoms with Gasteiger partial charge in [-0.25, -0.2) is 8.42 Å².